The zero-order valence-electron chi connectivity index (χ0n) is 15.9. The number of hydrogen-bond donors (Lipinski definition) is 2. The molecule has 0 unspecified atom stereocenters. The van der Waals surface area contributed by atoms with Crippen LogP contribution in [0.3, 0.4) is 0 Å². The molecular formula is C20H26FN3O4. The minimum Gasteiger partial charge on any atom is -0.367 e. The summed E-state index contributed by atoms with van der Waals surface area (Å²) in [6.45, 7) is 1.78. The number of likely N-dealkylation sites (tertiary alicyclic amines) is 1. The van der Waals surface area contributed by atoms with Crippen molar-refractivity contribution >= 4 is 17.6 Å². The van der Waals surface area contributed by atoms with Crippen molar-refractivity contribution in [1.82, 2.24) is 15.2 Å². The van der Waals surface area contributed by atoms with Crippen molar-refractivity contribution in [3.05, 3.63) is 24.0 Å². The van der Waals surface area contributed by atoms with E-state index < -0.39 is 30.3 Å². The van der Waals surface area contributed by atoms with Crippen LogP contribution in [0.25, 0.3) is 0 Å². The summed E-state index contributed by atoms with van der Waals surface area (Å²) in [4.78, 5) is 42.2. The first-order valence-corrected chi connectivity index (χ1v) is 9.90. The second-order valence-corrected chi connectivity index (χ2v) is 8.54. The minimum absolute atomic E-state index is 0.0593. The lowest BCUT2D eigenvalue weighted by atomic mass is 9.81. The van der Waals surface area contributed by atoms with E-state index in [1.54, 1.807) is 18.5 Å². The Balaban J connectivity index is 1.56. The number of hydrogen-bond acceptors (Lipinski definition) is 4. The number of nitrogens with zero attached hydrogens (tertiary/aromatic N) is 1. The Bertz CT molecular complexity index is 760. The molecule has 0 spiro atoms. The molecule has 2 aliphatic heterocycles. The second kappa shape index (κ2) is 7.31. The van der Waals surface area contributed by atoms with Gasteiger partial charge >= 0.3 is 0 Å². The number of ether oxygens (including phenoxy) is 1. The Hall–Kier alpha value is -2.22. The molecule has 0 radical (unpaired) electrons. The van der Waals surface area contributed by atoms with Gasteiger partial charge in [-0.25, -0.2) is 4.39 Å². The molecule has 1 aromatic heterocycles. The van der Waals surface area contributed by atoms with Gasteiger partial charge in [-0.2, -0.15) is 0 Å². The molecule has 4 rings (SSSR count). The molecule has 3 fully saturated rings. The molecule has 4 atom stereocenters. The van der Waals surface area contributed by atoms with Gasteiger partial charge in [-0.1, -0.05) is 19.8 Å². The predicted octanol–water partition coefficient (Wildman–Crippen LogP) is 1.60. The van der Waals surface area contributed by atoms with Gasteiger partial charge in [-0.15, -0.1) is 0 Å². The maximum Gasteiger partial charge on any atom is 0.253 e. The first-order chi connectivity index (χ1) is 13.4. The Morgan fingerprint density at radius 1 is 1.43 bits per heavy atom. The number of fused-ring (bicyclic) bond motifs is 1. The zero-order chi connectivity index (χ0) is 19.9. The SMILES string of the molecule is CC1(C[C@H](NC(=O)c2cc[nH]c2)C(=O)N2C[C@H](F)[C@H]3OCC(=O)[C@H]32)CCCC1. The number of nitrogens with one attached hydrogen (secondary N) is 2. The molecule has 3 aliphatic rings. The van der Waals surface area contributed by atoms with Gasteiger partial charge in [0.25, 0.3) is 5.91 Å². The van der Waals surface area contributed by atoms with Gasteiger partial charge in [-0.3, -0.25) is 14.4 Å². The number of alkyl halides is 1. The highest BCUT2D eigenvalue weighted by Crippen LogP contribution is 2.42. The largest absolute Gasteiger partial charge is 0.367 e. The van der Waals surface area contributed by atoms with Gasteiger partial charge in [0.1, 0.15) is 31.0 Å². The van der Waals surface area contributed by atoms with Crippen molar-refractivity contribution in [3.8, 4) is 0 Å². The minimum atomic E-state index is -1.39. The maximum absolute atomic E-state index is 14.3. The first kappa shape index (κ1) is 19.1. The van der Waals surface area contributed by atoms with E-state index in [2.05, 4.69) is 17.2 Å². The fourth-order valence-electron chi connectivity index (χ4n) is 4.86. The number of halogens is 1. The molecule has 152 valence electrons. The van der Waals surface area contributed by atoms with Crippen molar-refractivity contribution in [3.63, 3.8) is 0 Å². The van der Waals surface area contributed by atoms with Crippen LogP contribution in [0.4, 0.5) is 4.39 Å². The van der Waals surface area contributed by atoms with Crippen LogP contribution in [0, 0.1) is 5.41 Å². The maximum atomic E-state index is 14.3. The predicted molar refractivity (Wildman–Crippen MR) is 98.4 cm³/mol. The van der Waals surface area contributed by atoms with E-state index in [-0.39, 0.29) is 30.3 Å². The normalized spacial score (nSPS) is 29.7. The highest BCUT2D eigenvalue weighted by Gasteiger charge is 2.54. The smallest absolute Gasteiger partial charge is 0.253 e. The summed E-state index contributed by atoms with van der Waals surface area (Å²) >= 11 is 0. The van der Waals surface area contributed by atoms with Crippen molar-refractivity contribution < 1.29 is 23.5 Å². The third-order valence-electron chi connectivity index (χ3n) is 6.38. The van der Waals surface area contributed by atoms with Crippen LogP contribution in [0.15, 0.2) is 18.5 Å². The molecule has 1 saturated carbocycles. The van der Waals surface area contributed by atoms with Gasteiger partial charge in [0.05, 0.1) is 12.1 Å². The van der Waals surface area contributed by atoms with Crippen LogP contribution in [-0.4, -0.2) is 65.0 Å². The molecule has 1 aromatic rings. The standard InChI is InChI=1S/C20H26FN3O4/c1-20(5-2-3-6-20)8-14(23-18(26)12-4-7-22-9-12)19(27)24-10-13(21)17-16(24)15(25)11-28-17/h4,7,9,13-14,16-17,22H,2-3,5-6,8,10-11H2,1H3,(H,23,26)/t13-,14-,16+,17+/m0/s1. The van der Waals surface area contributed by atoms with Crippen molar-refractivity contribution in [2.45, 2.75) is 63.4 Å². The van der Waals surface area contributed by atoms with E-state index in [1.807, 2.05) is 0 Å². The van der Waals surface area contributed by atoms with Gasteiger partial charge in [0.15, 0.2) is 5.78 Å². The monoisotopic (exact) mass is 391 g/mol. The summed E-state index contributed by atoms with van der Waals surface area (Å²) < 4.78 is 19.6. The molecule has 0 aromatic carbocycles. The Morgan fingerprint density at radius 2 is 2.18 bits per heavy atom. The Labute approximate surface area is 163 Å². The molecule has 28 heavy (non-hydrogen) atoms. The fourth-order valence-corrected chi connectivity index (χ4v) is 4.86. The summed E-state index contributed by atoms with van der Waals surface area (Å²) in [6, 6.07) is -0.0539. The number of Topliss-reactive ketones (excluding diaryl/α,β-unsaturated/α-hetero) is 1. The van der Waals surface area contributed by atoms with Crippen molar-refractivity contribution in [2.75, 3.05) is 13.2 Å². The highest BCUT2D eigenvalue weighted by atomic mass is 19.1. The van der Waals surface area contributed by atoms with Gasteiger partial charge in [0, 0.05) is 12.4 Å². The van der Waals surface area contributed by atoms with Crippen LogP contribution < -0.4 is 5.32 Å². The summed E-state index contributed by atoms with van der Waals surface area (Å²) in [5.74, 6) is -1.03. The second-order valence-electron chi connectivity index (χ2n) is 8.54. The van der Waals surface area contributed by atoms with Gasteiger partial charge in [-0.05, 0) is 30.7 Å². The summed E-state index contributed by atoms with van der Waals surface area (Å²) in [5.41, 5.74) is 0.369. The molecule has 2 N–H and O–H groups in total. The molecule has 0 bridgehead atoms. The number of H-pyrrole nitrogens is 1. The Kier molecular flexibility index (Phi) is 4.99. The summed E-state index contributed by atoms with van der Waals surface area (Å²) in [6.07, 6.45) is 5.55. The quantitative estimate of drug-likeness (QED) is 0.798. The number of amides is 2. The molecular weight excluding hydrogens is 365 g/mol. The molecule has 2 amide bonds. The fraction of sp³-hybridized carbons (Fsp3) is 0.650. The van der Waals surface area contributed by atoms with E-state index in [0.29, 0.717) is 12.0 Å². The first-order valence-electron chi connectivity index (χ1n) is 9.90. The summed E-state index contributed by atoms with van der Waals surface area (Å²) in [5, 5.41) is 2.83. The molecule has 1 aliphatic carbocycles. The average Bonchev–Trinajstić information content (AvgIpc) is 3.42. The lowest BCUT2D eigenvalue weighted by Gasteiger charge is -2.32. The molecule has 7 nitrogen and oxygen atoms in total. The number of aromatic amines is 1. The van der Waals surface area contributed by atoms with Crippen molar-refractivity contribution in [2.24, 2.45) is 5.41 Å². The van der Waals surface area contributed by atoms with Crippen LogP contribution in [0.2, 0.25) is 0 Å². The highest BCUT2D eigenvalue weighted by molar-refractivity contribution is 5.99. The van der Waals surface area contributed by atoms with Crippen molar-refractivity contribution in [1.29, 1.82) is 0 Å². The van der Waals surface area contributed by atoms with Crippen LogP contribution in [-0.2, 0) is 14.3 Å². The molecule has 2 saturated heterocycles. The number of ketones is 1. The Morgan fingerprint density at radius 3 is 2.86 bits per heavy atom. The van der Waals surface area contributed by atoms with E-state index in [4.69, 9.17) is 4.74 Å². The van der Waals surface area contributed by atoms with Gasteiger partial charge in [0.2, 0.25) is 5.91 Å². The van der Waals surface area contributed by atoms with E-state index in [1.165, 1.54) is 4.90 Å². The number of carbonyl (C=O) groups excluding carboxylic acids is 3. The van der Waals surface area contributed by atoms with E-state index >= 15 is 0 Å². The van der Waals surface area contributed by atoms with Gasteiger partial charge < -0.3 is 19.9 Å². The van der Waals surface area contributed by atoms with Crippen LogP contribution in [0.1, 0.15) is 49.4 Å². The summed E-state index contributed by atoms with van der Waals surface area (Å²) in [7, 11) is 0. The lowest BCUT2D eigenvalue weighted by molar-refractivity contribution is -0.138. The molecule has 3 heterocycles. The van der Waals surface area contributed by atoms with E-state index in [0.717, 1.165) is 25.7 Å². The van der Waals surface area contributed by atoms with Crippen LogP contribution in [0.5, 0.6) is 0 Å². The average molecular weight is 391 g/mol. The molecule has 8 heteroatoms. The van der Waals surface area contributed by atoms with E-state index in [9.17, 15) is 18.8 Å². The topological polar surface area (TPSA) is 91.5 Å². The number of aromatic nitrogens is 1. The third kappa shape index (κ3) is 3.45. The number of rotatable bonds is 5. The number of carbonyl (C=O) groups is 3. The third-order valence-corrected chi connectivity index (χ3v) is 6.38. The lowest BCUT2D eigenvalue weighted by Crippen LogP contribution is -2.53. The van der Waals surface area contributed by atoms with Crippen LogP contribution >= 0.6 is 0 Å². The zero-order valence-corrected chi connectivity index (χ0v) is 15.9.